The van der Waals surface area contributed by atoms with Gasteiger partial charge in [-0.15, -0.1) is 11.8 Å². The van der Waals surface area contributed by atoms with E-state index in [1.807, 2.05) is 18.2 Å². The van der Waals surface area contributed by atoms with Gasteiger partial charge in [0.2, 0.25) is 0 Å². The number of esters is 1. The van der Waals surface area contributed by atoms with E-state index < -0.39 is 55.0 Å². The molecular formula is C25H27FIN4O7PS. The van der Waals surface area contributed by atoms with Crippen LogP contribution in [0.5, 0.6) is 5.75 Å². The van der Waals surface area contributed by atoms with Gasteiger partial charge in [-0.2, -0.15) is 10.1 Å². The lowest BCUT2D eigenvalue weighted by Gasteiger charge is -2.24. The number of aromatic nitrogens is 2. The monoisotopic (exact) mass is 704 g/mol. The molecule has 0 bridgehead atoms. The van der Waals surface area contributed by atoms with Crippen molar-refractivity contribution in [2.75, 3.05) is 12.3 Å². The topological polar surface area (TPSA) is 155 Å². The Morgan fingerprint density at radius 2 is 1.95 bits per heavy atom. The fourth-order valence-corrected chi connectivity index (χ4v) is 7.12. The molecule has 11 nitrogen and oxygen atoms in total. The Balaban J connectivity index is 1.46. The van der Waals surface area contributed by atoms with Crippen molar-refractivity contribution in [2.45, 2.75) is 42.5 Å². The number of benzene rings is 2. The Morgan fingerprint density at radius 3 is 2.62 bits per heavy atom. The van der Waals surface area contributed by atoms with Crippen molar-refractivity contribution in [1.29, 1.82) is 0 Å². The van der Waals surface area contributed by atoms with Gasteiger partial charge in [0.15, 0.2) is 6.17 Å². The third-order valence-corrected chi connectivity index (χ3v) is 9.69. The van der Waals surface area contributed by atoms with Crippen LogP contribution in [-0.2, 0) is 25.2 Å². The minimum atomic E-state index is -4.27. The van der Waals surface area contributed by atoms with Crippen LogP contribution in [0.4, 0.5) is 10.2 Å². The van der Waals surface area contributed by atoms with Crippen molar-refractivity contribution in [3.63, 3.8) is 0 Å². The summed E-state index contributed by atoms with van der Waals surface area (Å²) >= 11 is 3.01. The van der Waals surface area contributed by atoms with Crippen molar-refractivity contribution >= 4 is 53.9 Å². The lowest BCUT2D eigenvalue weighted by molar-refractivity contribution is -0.146. The molecule has 0 radical (unpaired) electrons. The summed E-state index contributed by atoms with van der Waals surface area (Å²) in [6.45, 7) is 1.02. The summed E-state index contributed by atoms with van der Waals surface area (Å²) in [5.74, 6) is -0.522. The molecule has 1 aliphatic rings. The van der Waals surface area contributed by atoms with Crippen molar-refractivity contribution in [3.05, 3.63) is 86.5 Å². The van der Waals surface area contributed by atoms with Crippen LogP contribution in [-0.4, -0.2) is 50.8 Å². The summed E-state index contributed by atoms with van der Waals surface area (Å²) in [4.78, 5) is 28.5. The summed E-state index contributed by atoms with van der Waals surface area (Å²) in [5, 5.41) is 11.1. The van der Waals surface area contributed by atoms with Crippen molar-refractivity contribution in [1.82, 2.24) is 14.6 Å². The zero-order valence-corrected chi connectivity index (χ0v) is 25.0. The third-order valence-electron chi connectivity index (χ3n) is 5.80. The molecule has 0 aliphatic carbocycles. The second-order valence-electron chi connectivity index (χ2n) is 8.82. The summed E-state index contributed by atoms with van der Waals surface area (Å²) < 4.78 is 47.4. The number of nitrogens with two attached hydrogens (primary N) is 1. The number of nitrogens with one attached hydrogen (secondary N) is 1. The number of hydrogen-bond donors (Lipinski definition) is 3. The Bertz CT molecular complexity index is 1420. The van der Waals surface area contributed by atoms with Gasteiger partial charge in [-0.25, -0.2) is 13.8 Å². The van der Waals surface area contributed by atoms with E-state index in [0.717, 1.165) is 25.5 Å². The number of anilines is 1. The SMILES string of the molecule is C[C@H](NP(=O)(OC[C@H]1S[C@@H](n2ccc(N)nc2=O)[C@@H](F)[C@@H]1O)Oc1ccc(I)cc1)C(=O)OCc1ccccc1. The van der Waals surface area contributed by atoms with Crippen molar-refractivity contribution < 1.29 is 32.6 Å². The molecule has 4 N–H and O–H groups in total. The number of nitrogens with zero attached hydrogens (tertiary/aromatic N) is 2. The van der Waals surface area contributed by atoms with Crippen molar-refractivity contribution in [3.8, 4) is 5.75 Å². The molecule has 2 heterocycles. The summed E-state index contributed by atoms with van der Waals surface area (Å²) in [7, 11) is -4.27. The Morgan fingerprint density at radius 1 is 1.25 bits per heavy atom. The summed E-state index contributed by atoms with van der Waals surface area (Å²) in [5.41, 5.74) is 5.51. The van der Waals surface area contributed by atoms with Crippen LogP contribution in [0.2, 0.25) is 0 Å². The molecule has 40 heavy (non-hydrogen) atoms. The molecule has 6 atom stereocenters. The van der Waals surface area contributed by atoms with E-state index >= 15 is 4.39 Å². The highest BCUT2D eigenvalue weighted by atomic mass is 127. The number of hydrogen-bond acceptors (Lipinski definition) is 10. The third kappa shape index (κ3) is 7.83. The Labute approximate surface area is 247 Å². The predicted octanol–water partition coefficient (Wildman–Crippen LogP) is 3.67. The number of nitrogen functional groups attached to an aromatic ring is 1. The highest BCUT2D eigenvalue weighted by molar-refractivity contribution is 14.1. The number of aliphatic hydroxyl groups is 1. The quantitative estimate of drug-likeness (QED) is 0.152. The average Bonchev–Trinajstić information content (AvgIpc) is 3.21. The van der Waals surface area contributed by atoms with E-state index in [-0.39, 0.29) is 18.2 Å². The number of aliphatic hydroxyl groups excluding tert-OH is 1. The predicted molar refractivity (Wildman–Crippen MR) is 156 cm³/mol. The van der Waals surface area contributed by atoms with E-state index in [2.05, 4.69) is 32.7 Å². The molecule has 1 aromatic heterocycles. The lowest BCUT2D eigenvalue weighted by atomic mass is 10.1. The van der Waals surface area contributed by atoms with Gasteiger partial charge in [0, 0.05) is 9.77 Å². The molecule has 1 unspecified atom stereocenters. The minimum Gasteiger partial charge on any atom is -0.460 e. The van der Waals surface area contributed by atoms with Gasteiger partial charge in [-0.05, 0) is 65.4 Å². The Kier molecular flexibility index (Phi) is 10.2. The number of carbonyl (C=O) groups is 1. The molecule has 1 fully saturated rings. The number of alkyl halides is 1. The van der Waals surface area contributed by atoms with Gasteiger partial charge < -0.3 is 20.1 Å². The van der Waals surface area contributed by atoms with Gasteiger partial charge >= 0.3 is 19.4 Å². The zero-order chi connectivity index (χ0) is 28.9. The first-order valence-electron chi connectivity index (χ1n) is 12.0. The maximum atomic E-state index is 15.0. The van der Waals surface area contributed by atoms with Crippen molar-refractivity contribution in [2.24, 2.45) is 0 Å². The van der Waals surface area contributed by atoms with Gasteiger partial charge in [-0.3, -0.25) is 13.9 Å². The van der Waals surface area contributed by atoms with Gasteiger partial charge in [0.25, 0.3) is 0 Å². The highest BCUT2D eigenvalue weighted by Crippen LogP contribution is 2.49. The molecule has 0 amide bonds. The molecule has 0 saturated carbocycles. The Hall–Kier alpha value is -2.49. The molecule has 1 aliphatic heterocycles. The first-order chi connectivity index (χ1) is 19.0. The zero-order valence-electron chi connectivity index (χ0n) is 21.1. The van der Waals surface area contributed by atoms with E-state index in [4.69, 9.17) is 19.5 Å². The number of rotatable bonds is 11. The first kappa shape index (κ1) is 30.5. The second-order valence-corrected chi connectivity index (χ2v) is 13.1. The van der Waals surface area contributed by atoms with Crippen LogP contribution in [0.15, 0.2) is 71.7 Å². The molecule has 0 spiro atoms. The normalized spacial score (nSPS) is 22.8. The summed E-state index contributed by atoms with van der Waals surface area (Å²) in [6, 6.07) is 15.9. The van der Waals surface area contributed by atoms with Gasteiger partial charge in [0.05, 0.1) is 11.9 Å². The van der Waals surface area contributed by atoms with Crippen LogP contribution in [0, 0.1) is 3.57 Å². The molecule has 3 aromatic rings. The lowest BCUT2D eigenvalue weighted by Crippen LogP contribution is -2.36. The fourth-order valence-electron chi connectivity index (χ4n) is 3.72. The van der Waals surface area contributed by atoms with Gasteiger partial charge in [0.1, 0.15) is 35.7 Å². The van der Waals surface area contributed by atoms with E-state index in [1.165, 1.54) is 19.2 Å². The van der Waals surface area contributed by atoms with Crippen LogP contribution in [0.25, 0.3) is 0 Å². The van der Waals surface area contributed by atoms with Crippen LogP contribution >= 0.6 is 42.1 Å². The van der Waals surface area contributed by atoms with E-state index in [1.54, 1.807) is 36.4 Å². The minimum absolute atomic E-state index is 0.0123. The van der Waals surface area contributed by atoms with E-state index in [9.17, 15) is 19.3 Å². The largest absolute Gasteiger partial charge is 0.460 e. The number of carbonyl (C=O) groups excluding carboxylic acids is 1. The molecule has 4 rings (SSSR count). The van der Waals surface area contributed by atoms with Crippen LogP contribution in [0.1, 0.15) is 17.9 Å². The average molecular weight is 704 g/mol. The van der Waals surface area contributed by atoms with Gasteiger partial charge in [-0.1, -0.05) is 30.3 Å². The molecule has 1 saturated heterocycles. The fraction of sp³-hybridized carbons (Fsp3) is 0.320. The first-order valence-corrected chi connectivity index (χ1v) is 15.6. The molecular weight excluding hydrogens is 677 g/mol. The summed E-state index contributed by atoms with van der Waals surface area (Å²) in [6.07, 6.45) is -2.11. The molecule has 214 valence electrons. The maximum Gasteiger partial charge on any atom is 0.459 e. The number of halogens is 2. The molecule has 15 heteroatoms. The van der Waals surface area contributed by atoms with Crippen LogP contribution in [0.3, 0.4) is 0 Å². The maximum absolute atomic E-state index is 15.0. The standard InChI is InChI=1S/C25H27FIN4O7PS/c1-15(24(33)36-13-16-5-3-2-4-6-16)30-39(35,38-18-9-7-17(27)8-10-18)37-14-19-22(32)21(26)23(40-19)31-12-11-20(28)29-25(31)34/h2-12,15,19,21-23,32H,13-14H2,1H3,(H,30,35)(H2,28,29,34)/t15-,19+,21-,22+,23+,39?/m0/s1. The number of thioether (sulfide) groups is 1. The highest BCUT2D eigenvalue weighted by Gasteiger charge is 2.46. The molecule has 2 aromatic carbocycles. The van der Waals surface area contributed by atoms with Crippen LogP contribution < -0.4 is 21.0 Å². The second kappa shape index (κ2) is 13.4. The number of ether oxygens (including phenoxy) is 1. The smallest absolute Gasteiger partial charge is 0.459 e. The van der Waals surface area contributed by atoms with E-state index in [0.29, 0.717) is 0 Å².